The molecule has 2 aromatic carbocycles. The quantitative estimate of drug-likeness (QED) is 0.417. The number of carbonyl (C=O) groups is 2. The number of hydrogen-bond acceptors (Lipinski definition) is 6. The van der Waals surface area contributed by atoms with Gasteiger partial charge in [-0.3, -0.25) is 14.5 Å². The van der Waals surface area contributed by atoms with Crippen LogP contribution in [0.15, 0.2) is 76.2 Å². The number of nitrogens with one attached hydrogen (secondary N) is 2. The molecular formula is C26H29N3O5S. The molecule has 35 heavy (non-hydrogen) atoms. The fraction of sp³-hybridized carbons (Fsp3) is 0.308. The number of rotatable bonds is 10. The van der Waals surface area contributed by atoms with Gasteiger partial charge in [0.15, 0.2) is 5.78 Å². The molecule has 1 fully saturated rings. The summed E-state index contributed by atoms with van der Waals surface area (Å²) in [7, 11) is -3.73. The smallest absolute Gasteiger partial charge is 0.251 e. The number of amides is 1. The molecule has 1 atom stereocenters. The van der Waals surface area contributed by atoms with E-state index < -0.39 is 10.0 Å². The van der Waals surface area contributed by atoms with Gasteiger partial charge in [0.05, 0.1) is 17.2 Å². The molecule has 9 heteroatoms. The predicted octanol–water partition coefficient (Wildman–Crippen LogP) is 3.53. The Kier molecular flexibility index (Phi) is 7.80. The highest BCUT2D eigenvalue weighted by Gasteiger charge is 2.26. The van der Waals surface area contributed by atoms with Crippen LogP contribution in [-0.2, 0) is 16.6 Å². The number of hydrogen-bond donors (Lipinski definition) is 2. The van der Waals surface area contributed by atoms with Crippen molar-refractivity contribution in [2.24, 2.45) is 0 Å². The maximum Gasteiger partial charge on any atom is 0.251 e. The molecule has 2 N–H and O–H groups in total. The van der Waals surface area contributed by atoms with Crippen LogP contribution in [0.3, 0.4) is 0 Å². The zero-order chi connectivity index (χ0) is 24.8. The van der Waals surface area contributed by atoms with Gasteiger partial charge in [-0.2, -0.15) is 0 Å². The number of nitrogens with zero attached hydrogens (tertiary/aromatic N) is 1. The molecule has 3 aromatic rings. The Hall–Kier alpha value is -3.27. The summed E-state index contributed by atoms with van der Waals surface area (Å²) < 4.78 is 33.2. The first-order chi connectivity index (χ1) is 16.8. The van der Waals surface area contributed by atoms with Crippen molar-refractivity contribution in [2.75, 3.05) is 19.6 Å². The first-order valence-corrected chi connectivity index (χ1v) is 13.1. The highest BCUT2D eigenvalue weighted by atomic mass is 32.2. The van der Waals surface area contributed by atoms with Crippen LogP contribution >= 0.6 is 0 Å². The van der Waals surface area contributed by atoms with Crippen LogP contribution in [0.25, 0.3) is 0 Å². The van der Waals surface area contributed by atoms with Gasteiger partial charge in [-0.05, 0) is 74.8 Å². The summed E-state index contributed by atoms with van der Waals surface area (Å²) in [6.45, 7) is 3.90. The van der Waals surface area contributed by atoms with Crippen molar-refractivity contribution >= 4 is 21.7 Å². The van der Waals surface area contributed by atoms with Crippen molar-refractivity contribution in [1.82, 2.24) is 14.9 Å². The average Bonchev–Trinajstić information content (AvgIpc) is 3.59. The highest BCUT2D eigenvalue weighted by molar-refractivity contribution is 7.89. The zero-order valence-corrected chi connectivity index (χ0v) is 20.4. The normalized spacial score (nSPS) is 15.1. The van der Waals surface area contributed by atoms with E-state index in [4.69, 9.17) is 4.42 Å². The largest absolute Gasteiger partial charge is 0.468 e. The number of carbonyl (C=O) groups excluding carboxylic acids is 2. The SMILES string of the molecule is CC(=O)c1ccc(S(=O)(=O)NCc2ccc(C(=O)NCC(c3ccco3)N3CCCC3)cc2)cc1. The lowest BCUT2D eigenvalue weighted by Crippen LogP contribution is -2.36. The molecule has 1 aliphatic heterocycles. The second kappa shape index (κ2) is 11.0. The Labute approximate surface area is 205 Å². The van der Waals surface area contributed by atoms with Crippen molar-refractivity contribution in [3.63, 3.8) is 0 Å². The number of Topliss-reactive ketones (excluding diaryl/α,β-unsaturated/α-hetero) is 1. The van der Waals surface area contributed by atoms with Crippen LogP contribution in [0.5, 0.6) is 0 Å². The number of furan rings is 1. The molecule has 184 valence electrons. The Morgan fingerprint density at radius 3 is 2.23 bits per heavy atom. The van der Waals surface area contributed by atoms with E-state index in [0.29, 0.717) is 17.7 Å². The third-order valence-corrected chi connectivity index (χ3v) is 7.58. The van der Waals surface area contributed by atoms with E-state index in [2.05, 4.69) is 14.9 Å². The average molecular weight is 496 g/mol. The summed E-state index contributed by atoms with van der Waals surface area (Å²) in [6.07, 6.45) is 3.93. The molecule has 1 aliphatic rings. The lowest BCUT2D eigenvalue weighted by atomic mass is 10.1. The van der Waals surface area contributed by atoms with E-state index in [1.807, 2.05) is 12.1 Å². The Morgan fingerprint density at radius 2 is 1.63 bits per heavy atom. The standard InChI is InChI=1S/C26H29N3O5S/c1-19(30)21-10-12-23(13-11-21)35(32,33)28-17-20-6-8-22(9-7-20)26(31)27-18-24(25-5-4-16-34-25)29-14-2-3-15-29/h4-13,16,24,28H,2-3,14-15,17-18H2,1H3,(H,27,31). The maximum absolute atomic E-state index is 12.7. The van der Waals surface area contributed by atoms with E-state index in [0.717, 1.165) is 37.3 Å². The topological polar surface area (TPSA) is 109 Å². The van der Waals surface area contributed by atoms with Gasteiger partial charge in [0.2, 0.25) is 10.0 Å². The summed E-state index contributed by atoms with van der Waals surface area (Å²) in [5.74, 6) is 0.516. The van der Waals surface area contributed by atoms with E-state index in [9.17, 15) is 18.0 Å². The van der Waals surface area contributed by atoms with Gasteiger partial charge in [-0.25, -0.2) is 13.1 Å². The van der Waals surface area contributed by atoms with E-state index in [1.54, 1.807) is 30.5 Å². The number of likely N-dealkylation sites (tertiary alicyclic amines) is 1. The summed E-state index contributed by atoms with van der Waals surface area (Å²) >= 11 is 0. The molecule has 1 unspecified atom stereocenters. The van der Waals surface area contributed by atoms with E-state index in [-0.39, 0.29) is 29.2 Å². The maximum atomic E-state index is 12.7. The van der Waals surface area contributed by atoms with Crippen LogP contribution in [0.1, 0.15) is 57.8 Å². The molecule has 2 heterocycles. The Morgan fingerprint density at radius 1 is 0.971 bits per heavy atom. The molecule has 0 radical (unpaired) electrons. The number of benzene rings is 2. The molecule has 0 bridgehead atoms. The molecule has 1 amide bonds. The van der Waals surface area contributed by atoms with Gasteiger partial charge in [0.25, 0.3) is 5.91 Å². The third-order valence-electron chi connectivity index (χ3n) is 6.16. The summed E-state index contributed by atoms with van der Waals surface area (Å²) in [5, 5.41) is 3.00. The van der Waals surface area contributed by atoms with Crippen LogP contribution in [0.2, 0.25) is 0 Å². The van der Waals surface area contributed by atoms with Gasteiger partial charge < -0.3 is 9.73 Å². The van der Waals surface area contributed by atoms with Crippen molar-refractivity contribution in [3.8, 4) is 0 Å². The molecule has 0 spiro atoms. The minimum absolute atomic E-state index is 0.00496. The molecular weight excluding hydrogens is 466 g/mol. The molecule has 0 saturated carbocycles. The summed E-state index contributed by atoms with van der Waals surface area (Å²) in [6, 6.07) is 16.4. The minimum atomic E-state index is -3.73. The van der Waals surface area contributed by atoms with Gasteiger partial charge in [0, 0.05) is 24.2 Å². The zero-order valence-electron chi connectivity index (χ0n) is 19.6. The van der Waals surface area contributed by atoms with Crippen molar-refractivity contribution in [3.05, 3.63) is 89.4 Å². The molecule has 8 nitrogen and oxygen atoms in total. The summed E-state index contributed by atoms with van der Waals surface area (Å²) in [5.41, 5.74) is 1.67. The molecule has 1 saturated heterocycles. The molecule has 0 aliphatic carbocycles. The molecule has 4 rings (SSSR count). The van der Waals surface area contributed by atoms with Gasteiger partial charge in [-0.1, -0.05) is 24.3 Å². The highest BCUT2D eigenvalue weighted by Crippen LogP contribution is 2.25. The van der Waals surface area contributed by atoms with Crippen LogP contribution < -0.4 is 10.0 Å². The van der Waals surface area contributed by atoms with Crippen LogP contribution in [0.4, 0.5) is 0 Å². The predicted molar refractivity (Wildman–Crippen MR) is 132 cm³/mol. The Bertz CT molecular complexity index is 1250. The lowest BCUT2D eigenvalue weighted by molar-refractivity contribution is 0.0933. The van der Waals surface area contributed by atoms with Gasteiger partial charge >= 0.3 is 0 Å². The number of sulfonamides is 1. The van der Waals surface area contributed by atoms with Crippen molar-refractivity contribution in [1.29, 1.82) is 0 Å². The van der Waals surface area contributed by atoms with Crippen molar-refractivity contribution in [2.45, 2.75) is 37.2 Å². The minimum Gasteiger partial charge on any atom is -0.468 e. The Balaban J connectivity index is 1.33. The monoisotopic (exact) mass is 495 g/mol. The first kappa shape index (κ1) is 24.8. The van der Waals surface area contributed by atoms with Gasteiger partial charge in [0.1, 0.15) is 5.76 Å². The fourth-order valence-corrected chi connectivity index (χ4v) is 5.16. The molecule has 1 aromatic heterocycles. The van der Waals surface area contributed by atoms with Crippen LogP contribution in [-0.4, -0.2) is 44.6 Å². The third kappa shape index (κ3) is 6.25. The van der Waals surface area contributed by atoms with Crippen LogP contribution in [0, 0.1) is 0 Å². The fourth-order valence-electron chi connectivity index (χ4n) is 4.14. The van der Waals surface area contributed by atoms with E-state index >= 15 is 0 Å². The van der Waals surface area contributed by atoms with Gasteiger partial charge in [-0.15, -0.1) is 0 Å². The second-order valence-corrected chi connectivity index (χ2v) is 10.4. The summed E-state index contributed by atoms with van der Waals surface area (Å²) in [4.78, 5) is 26.5. The lowest BCUT2D eigenvalue weighted by Gasteiger charge is -2.26. The first-order valence-electron chi connectivity index (χ1n) is 11.6. The van der Waals surface area contributed by atoms with Crippen molar-refractivity contribution < 1.29 is 22.4 Å². The van der Waals surface area contributed by atoms with E-state index in [1.165, 1.54) is 31.2 Å². The number of ketones is 1. The second-order valence-electron chi connectivity index (χ2n) is 8.59.